The summed E-state index contributed by atoms with van der Waals surface area (Å²) in [6.07, 6.45) is 3.79. The van der Waals surface area contributed by atoms with E-state index in [2.05, 4.69) is 25.1 Å². The fourth-order valence-corrected chi connectivity index (χ4v) is 2.90. The van der Waals surface area contributed by atoms with Crippen molar-refractivity contribution in [2.45, 2.75) is 38.7 Å². The number of anilines is 1. The lowest BCUT2D eigenvalue weighted by atomic mass is 9.99. The Morgan fingerprint density at radius 1 is 1.39 bits per heavy atom. The first-order valence-corrected chi connectivity index (χ1v) is 6.78. The maximum absolute atomic E-state index is 12.4. The minimum atomic E-state index is -0.211. The fourth-order valence-electron chi connectivity index (χ4n) is 2.90. The van der Waals surface area contributed by atoms with Gasteiger partial charge in [0.05, 0.1) is 0 Å². The number of ether oxygens (including phenoxy) is 1. The van der Waals surface area contributed by atoms with Gasteiger partial charge in [0.25, 0.3) is 5.91 Å². The molecule has 0 aliphatic carbocycles. The lowest BCUT2D eigenvalue weighted by Crippen LogP contribution is -2.42. The second kappa shape index (κ2) is 4.73. The molecule has 3 heteroatoms. The average Bonchev–Trinajstić information content (AvgIpc) is 2.90. The van der Waals surface area contributed by atoms with Crippen LogP contribution in [0.4, 0.5) is 5.69 Å². The minimum Gasteiger partial charge on any atom is -0.368 e. The first-order chi connectivity index (χ1) is 8.75. The van der Waals surface area contributed by atoms with Gasteiger partial charge in [-0.3, -0.25) is 4.79 Å². The van der Waals surface area contributed by atoms with Gasteiger partial charge in [-0.15, -0.1) is 0 Å². The number of carbonyl (C=O) groups is 1. The molecule has 0 unspecified atom stereocenters. The highest BCUT2D eigenvalue weighted by molar-refractivity contribution is 5.97. The Kier molecular flexibility index (Phi) is 3.08. The van der Waals surface area contributed by atoms with Gasteiger partial charge in [-0.2, -0.15) is 0 Å². The molecule has 0 N–H and O–H groups in total. The van der Waals surface area contributed by atoms with Crippen LogP contribution in [-0.2, 0) is 16.0 Å². The molecule has 2 aliphatic heterocycles. The van der Waals surface area contributed by atoms with Gasteiger partial charge in [-0.25, -0.2) is 0 Å². The monoisotopic (exact) mass is 245 g/mol. The molecule has 0 saturated carbocycles. The van der Waals surface area contributed by atoms with Crippen LogP contribution in [0.2, 0.25) is 0 Å². The summed E-state index contributed by atoms with van der Waals surface area (Å²) in [5.41, 5.74) is 3.65. The number of hydrogen-bond donors (Lipinski definition) is 0. The van der Waals surface area contributed by atoms with Crippen molar-refractivity contribution >= 4 is 11.6 Å². The molecule has 2 heterocycles. The number of rotatable bonds is 1. The number of benzene rings is 1. The average molecular weight is 245 g/mol. The first kappa shape index (κ1) is 11.7. The molecule has 0 radical (unpaired) electrons. The molecule has 0 spiro atoms. The van der Waals surface area contributed by atoms with Crippen LogP contribution in [0.1, 0.15) is 30.4 Å². The van der Waals surface area contributed by atoms with Gasteiger partial charge >= 0.3 is 0 Å². The SMILES string of the molecule is Cc1ccc2c(c1)CCCN2C(=O)[C@@H]1CCCO1. The summed E-state index contributed by atoms with van der Waals surface area (Å²) >= 11 is 0. The van der Waals surface area contributed by atoms with Crippen LogP contribution < -0.4 is 4.90 Å². The van der Waals surface area contributed by atoms with E-state index in [9.17, 15) is 4.79 Å². The van der Waals surface area contributed by atoms with E-state index in [0.29, 0.717) is 0 Å². The molecule has 3 rings (SSSR count). The molecule has 1 atom stereocenters. The molecule has 1 aromatic carbocycles. The van der Waals surface area contributed by atoms with E-state index in [1.54, 1.807) is 0 Å². The van der Waals surface area contributed by atoms with Crippen LogP contribution in [0, 0.1) is 6.92 Å². The summed E-state index contributed by atoms with van der Waals surface area (Å²) in [4.78, 5) is 14.4. The Bertz CT molecular complexity index is 464. The Balaban J connectivity index is 1.88. The highest BCUT2D eigenvalue weighted by Gasteiger charge is 2.31. The number of carbonyl (C=O) groups excluding carboxylic acids is 1. The zero-order valence-electron chi connectivity index (χ0n) is 10.8. The Morgan fingerprint density at radius 2 is 2.28 bits per heavy atom. The van der Waals surface area contributed by atoms with Gasteiger partial charge in [0.15, 0.2) is 0 Å². The van der Waals surface area contributed by atoms with Crippen molar-refractivity contribution in [1.29, 1.82) is 0 Å². The molecule has 1 fully saturated rings. The van der Waals surface area contributed by atoms with Crippen LogP contribution in [-0.4, -0.2) is 25.2 Å². The van der Waals surface area contributed by atoms with Crippen LogP contribution in [0.25, 0.3) is 0 Å². The smallest absolute Gasteiger partial charge is 0.256 e. The van der Waals surface area contributed by atoms with Gasteiger partial charge in [0, 0.05) is 18.8 Å². The molecule has 1 amide bonds. The summed E-state index contributed by atoms with van der Waals surface area (Å²) in [7, 11) is 0. The standard InChI is InChI=1S/C15H19NO2/c1-11-6-7-13-12(10-11)4-2-8-16(13)15(17)14-5-3-9-18-14/h6-7,10,14H,2-5,8-9H2,1H3/t14-/m0/s1. The van der Waals surface area contributed by atoms with Gasteiger partial charge in [-0.1, -0.05) is 17.7 Å². The second-order valence-electron chi connectivity index (χ2n) is 5.23. The summed E-state index contributed by atoms with van der Waals surface area (Å²) < 4.78 is 5.52. The zero-order chi connectivity index (χ0) is 12.5. The molecule has 96 valence electrons. The third-order valence-electron chi connectivity index (χ3n) is 3.82. The molecular formula is C15H19NO2. The number of nitrogens with zero attached hydrogens (tertiary/aromatic N) is 1. The number of fused-ring (bicyclic) bond motifs is 1. The van der Waals surface area contributed by atoms with E-state index in [1.165, 1.54) is 11.1 Å². The summed E-state index contributed by atoms with van der Waals surface area (Å²) in [5, 5.41) is 0. The van der Waals surface area contributed by atoms with Crippen molar-refractivity contribution < 1.29 is 9.53 Å². The molecule has 1 saturated heterocycles. The topological polar surface area (TPSA) is 29.5 Å². The van der Waals surface area contributed by atoms with Gasteiger partial charge < -0.3 is 9.64 Å². The molecule has 0 aromatic heterocycles. The van der Waals surface area contributed by atoms with Crippen LogP contribution in [0.15, 0.2) is 18.2 Å². The zero-order valence-corrected chi connectivity index (χ0v) is 10.8. The third kappa shape index (κ3) is 2.03. The molecule has 1 aromatic rings. The van der Waals surface area contributed by atoms with E-state index >= 15 is 0 Å². The highest BCUT2D eigenvalue weighted by atomic mass is 16.5. The quantitative estimate of drug-likeness (QED) is 0.760. The van der Waals surface area contributed by atoms with Crippen molar-refractivity contribution in [2.75, 3.05) is 18.1 Å². The normalized spacial score (nSPS) is 22.9. The predicted molar refractivity (Wildman–Crippen MR) is 70.8 cm³/mol. The summed E-state index contributed by atoms with van der Waals surface area (Å²) in [5.74, 6) is 0.150. The Labute approximate surface area is 108 Å². The van der Waals surface area contributed by atoms with E-state index in [-0.39, 0.29) is 12.0 Å². The van der Waals surface area contributed by atoms with Crippen LogP contribution >= 0.6 is 0 Å². The lowest BCUT2D eigenvalue weighted by molar-refractivity contribution is -0.127. The van der Waals surface area contributed by atoms with E-state index in [4.69, 9.17) is 4.74 Å². The molecule has 3 nitrogen and oxygen atoms in total. The Morgan fingerprint density at radius 3 is 3.06 bits per heavy atom. The number of aryl methyl sites for hydroxylation is 2. The van der Waals surface area contributed by atoms with E-state index in [0.717, 1.165) is 44.5 Å². The first-order valence-electron chi connectivity index (χ1n) is 6.78. The number of amides is 1. The van der Waals surface area contributed by atoms with Crippen molar-refractivity contribution in [3.8, 4) is 0 Å². The minimum absolute atomic E-state index is 0.150. The van der Waals surface area contributed by atoms with Crippen molar-refractivity contribution in [1.82, 2.24) is 0 Å². The highest BCUT2D eigenvalue weighted by Crippen LogP contribution is 2.29. The predicted octanol–water partition coefficient (Wildman–Crippen LogP) is 2.45. The van der Waals surface area contributed by atoms with Gasteiger partial charge in [-0.05, 0) is 44.2 Å². The fraction of sp³-hybridized carbons (Fsp3) is 0.533. The van der Waals surface area contributed by atoms with Gasteiger partial charge in [0.2, 0.25) is 0 Å². The summed E-state index contributed by atoms with van der Waals surface area (Å²) in [6, 6.07) is 6.36. The lowest BCUT2D eigenvalue weighted by Gasteiger charge is -2.31. The van der Waals surface area contributed by atoms with Crippen molar-refractivity contribution in [3.05, 3.63) is 29.3 Å². The summed E-state index contributed by atoms with van der Waals surface area (Å²) in [6.45, 7) is 3.65. The molecule has 2 aliphatic rings. The molecule has 18 heavy (non-hydrogen) atoms. The van der Waals surface area contributed by atoms with Crippen LogP contribution in [0.5, 0.6) is 0 Å². The van der Waals surface area contributed by atoms with E-state index < -0.39 is 0 Å². The number of hydrogen-bond acceptors (Lipinski definition) is 2. The molecule has 0 bridgehead atoms. The third-order valence-corrected chi connectivity index (χ3v) is 3.82. The Hall–Kier alpha value is -1.35. The maximum atomic E-state index is 12.4. The maximum Gasteiger partial charge on any atom is 0.256 e. The van der Waals surface area contributed by atoms with Gasteiger partial charge in [0.1, 0.15) is 6.10 Å². The van der Waals surface area contributed by atoms with Crippen molar-refractivity contribution in [3.63, 3.8) is 0 Å². The van der Waals surface area contributed by atoms with Crippen molar-refractivity contribution in [2.24, 2.45) is 0 Å². The second-order valence-corrected chi connectivity index (χ2v) is 5.23. The molecular weight excluding hydrogens is 226 g/mol. The van der Waals surface area contributed by atoms with Crippen LogP contribution in [0.3, 0.4) is 0 Å². The van der Waals surface area contributed by atoms with E-state index in [1.807, 2.05) is 4.90 Å². The largest absolute Gasteiger partial charge is 0.368 e.